The first-order chi connectivity index (χ1) is 22.8. The quantitative estimate of drug-likeness (QED) is 0.116. The molecule has 6 heteroatoms. The SMILES string of the molecule is C=C/C=C(\C=C/C)C(CCCNC(=O)CCc1ccc(Cl)cc1)(CCCN1CCc2cc(OC)c(OC)cc2C1C)c1ccccc1. The highest BCUT2D eigenvalue weighted by Gasteiger charge is 2.35. The number of nitrogens with one attached hydrogen (secondary N) is 1. The molecular weight excluding hydrogens is 604 g/mol. The lowest BCUT2D eigenvalue weighted by Gasteiger charge is -2.39. The van der Waals surface area contributed by atoms with Crippen LogP contribution in [0.3, 0.4) is 0 Å². The third-order valence-electron chi connectivity index (χ3n) is 9.54. The number of rotatable bonds is 17. The maximum atomic E-state index is 12.8. The molecule has 1 heterocycles. The summed E-state index contributed by atoms with van der Waals surface area (Å²) in [7, 11) is 3.39. The van der Waals surface area contributed by atoms with E-state index in [0.29, 0.717) is 24.4 Å². The fourth-order valence-electron chi connectivity index (χ4n) is 7.01. The predicted octanol–water partition coefficient (Wildman–Crippen LogP) is 9.21. The average molecular weight is 655 g/mol. The molecule has 0 fully saturated rings. The molecule has 1 amide bonds. The van der Waals surface area contributed by atoms with Gasteiger partial charge in [0, 0.05) is 36.0 Å². The number of hydrogen-bond donors (Lipinski definition) is 1. The van der Waals surface area contributed by atoms with Crippen LogP contribution in [0.1, 0.15) is 74.2 Å². The summed E-state index contributed by atoms with van der Waals surface area (Å²) in [4.78, 5) is 15.4. The Labute approximate surface area is 287 Å². The molecule has 3 aromatic carbocycles. The largest absolute Gasteiger partial charge is 0.493 e. The maximum absolute atomic E-state index is 12.8. The van der Waals surface area contributed by atoms with E-state index < -0.39 is 0 Å². The van der Waals surface area contributed by atoms with E-state index in [1.165, 1.54) is 22.3 Å². The number of halogens is 1. The number of aryl methyl sites for hydroxylation is 1. The van der Waals surface area contributed by atoms with Crippen LogP contribution in [0.2, 0.25) is 5.02 Å². The zero-order chi connectivity index (χ0) is 33.6. The number of methoxy groups -OCH3 is 2. The Morgan fingerprint density at radius 1 is 1.04 bits per heavy atom. The van der Waals surface area contributed by atoms with Gasteiger partial charge < -0.3 is 14.8 Å². The molecule has 1 aliphatic rings. The normalized spacial score (nSPS) is 16.4. The van der Waals surface area contributed by atoms with E-state index >= 15 is 0 Å². The van der Waals surface area contributed by atoms with Crippen molar-refractivity contribution in [1.82, 2.24) is 10.2 Å². The monoisotopic (exact) mass is 654 g/mol. The summed E-state index contributed by atoms with van der Waals surface area (Å²) < 4.78 is 11.2. The summed E-state index contributed by atoms with van der Waals surface area (Å²) in [6.45, 7) is 11.1. The van der Waals surface area contributed by atoms with Crippen molar-refractivity contribution in [2.45, 2.75) is 70.3 Å². The highest BCUT2D eigenvalue weighted by molar-refractivity contribution is 6.30. The van der Waals surface area contributed by atoms with Gasteiger partial charge in [0.05, 0.1) is 14.2 Å². The number of ether oxygens (including phenoxy) is 2. The van der Waals surface area contributed by atoms with Crippen molar-refractivity contribution >= 4 is 17.5 Å². The molecule has 4 rings (SSSR count). The Kier molecular flexibility index (Phi) is 13.8. The Balaban J connectivity index is 1.48. The number of allylic oxidation sites excluding steroid dienone is 5. The summed E-state index contributed by atoms with van der Waals surface area (Å²) >= 11 is 6.01. The van der Waals surface area contributed by atoms with Crippen LogP contribution in [0, 0.1) is 0 Å². The smallest absolute Gasteiger partial charge is 0.220 e. The Morgan fingerprint density at radius 2 is 1.74 bits per heavy atom. The van der Waals surface area contributed by atoms with E-state index in [4.69, 9.17) is 21.1 Å². The summed E-state index contributed by atoms with van der Waals surface area (Å²) in [5.74, 6) is 1.66. The second-order valence-electron chi connectivity index (χ2n) is 12.4. The molecule has 3 aromatic rings. The Morgan fingerprint density at radius 3 is 2.43 bits per heavy atom. The number of carbonyl (C=O) groups is 1. The van der Waals surface area contributed by atoms with Gasteiger partial charge in [-0.15, -0.1) is 0 Å². The van der Waals surface area contributed by atoms with Crippen LogP contribution in [0.25, 0.3) is 0 Å². The minimum absolute atomic E-state index is 0.0780. The summed E-state index contributed by atoms with van der Waals surface area (Å²) in [5.41, 5.74) is 6.10. The summed E-state index contributed by atoms with van der Waals surface area (Å²) in [6.07, 6.45) is 14.3. The van der Waals surface area contributed by atoms with E-state index in [1.807, 2.05) is 30.3 Å². The van der Waals surface area contributed by atoms with E-state index in [0.717, 1.165) is 62.3 Å². The second-order valence-corrected chi connectivity index (χ2v) is 12.8. The molecular formula is C41H51ClN2O3. The van der Waals surface area contributed by atoms with Gasteiger partial charge in [-0.3, -0.25) is 9.69 Å². The molecule has 0 bridgehead atoms. The van der Waals surface area contributed by atoms with Crippen molar-refractivity contribution in [1.29, 1.82) is 0 Å². The van der Waals surface area contributed by atoms with Gasteiger partial charge in [-0.25, -0.2) is 0 Å². The van der Waals surface area contributed by atoms with Crippen LogP contribution in [0.15, 0.2) is 103 Å². The highest BCUT2D eigenvalue weighted by atomic mass is 35.5. The van der Waals surface area contributed by atoms with Crippen LogP contribution >= 0.6 is 11.6 Å². The lowest BCUT2D eigenvalue weighted by atomic mass is 9.67. The molecule has 1 aliphatic heterocycles. The van der Waals surface area contributed by atoms with Gasteiger partial charge in [0.1, 0.15) is 0 Å². The van der Waals surface area contributed by atoms with E-state index in [-0.39, 0.29) is 17.4 Å². The fraction of sp³-hybridized carbons (Fsp3) is 0.390. The first-order valence-electron chi connectivity index (χ1n) is 16.9. The molecule has 0 spiro atoms. The number of nitrogens with zero attached hydrogens (tertiary/aromatic N) is 1. The first-order valence-corrected chi connectivity index (χ1v) is 17.2. The van der Waals surface area contributed by atoms with Crippen molar-refractivity contribution in [2.75, 3.05) is 33.9 Å². The number of fused-ring (bicyclic) bond motifs is 1. The van der Waals surface area contributed by atoms with Gasteiger partial charge in [0.15, 0.2) is 11.5 Å². The first kappa shape index (κ1) is 36.0. The Hall–Kier alpha value is -3.80. The van der Waals surface area contributed by atoms with Gasteiger partial charge in [-0.1, -0.05) is 84.9 Å². The lowest BCUT2D eigenvalue weighted by Crippen LogP contribution is -2.36. The average Bonchev–Trinajstić information content (AvgIpc) is 3.09. The maximum Gasteiger partial charge on any atom is 0.220 e. The minimum Gasteiger partial charge on any atom is -0.493 e. The van der Waals surface area contributed by atoms with Crippen molar-refractivity contribution in [2.24, 2.45) is 0 Å². The Bertz CT molecular complexity index is 1520. The molecule has 5 nitrogen and oxygen atoms in total. The van der Waals surface area contributed by atoms with Crippen LogP contribution in [-0.4, -0.2) is 44.7 Å². The van der Waals surface area contributed by atoms with Gasteiger partial charge in [0.2, 0.25) is 5.91 Å². The van der Waals surface area contributed by atoms with E-state index in [2.05, 4.69) is 91.3 Å². The van der Waals surface area contributed by atoms with Crippen LogP contribution in [0.5, 0.6) is 11.5 Å². The predicted molar refractivity (Wildman–Crippen MR) is 196 cm³/mol. The van der Waals surface area contributed by atoms with Crippen molar-refractivity contribution in [3.05, 3.63) is 130 Å². The molecule has 0 aromatic heterocycles. The molecule has 2 atom stereocenters. The second kappa shape index (κ2) is 17.9. The zero-order valence-electron chi connectivity index (χ0n) is 28.6. The molecule has 250 valence electrons. The number of hydrogen-bond acceptors (Lipinski definition) is 4. The molecule has 0 saturated heterocycles. The van der Waals surface area contributed by atoms with Crippen LogP contribution in [-0.2, 0) is 23.1 Å². The third kappa shape index (κ3) is 9.39. The van der Waals surface area contributed by atoms with E-state index in [9.17, 15) is 4.79 Å². The molecule has 0 saturated carbocycles. The van der Waals surface area contributed by atoms with Gasteiger partial charge in [0.25, 0.3) is 0 Å². The van der Waals surface area contributed by atoms with Crippen molar-refractivity contribution in [3.8, 4) is 11.5 Å². The number of carbonyl (C=O) groups excluding carboxylic acids is 1. The van der Waals surface area contributed by atoms with Crippen molar-refractivity contribution in [3.63, 3.8) is 0 Å². The summed E-state index contributed by atoms with van der Waals surface area (Å²) in [5, 5.41) is 3.89. The van der Waals surface area contributed by atoms with Gasteiger partial charge in [-0.05, 0) is 111 Å². The molecule has 0 radical (unpaired) electrons. The zero-order valence-corrected chi connectivity index (χ0v) is 29.3. The minimum atomic E-state index is -0.219. The highest BCUT2D eigenvalue weighted by Crippen LogP contribution is 2.43. The molecule has 1 N–H and O–H groups in total. The lowest BCUT2D eigenvalue weighted by molar-refractivity contribution is -0.121. The van der Waals surface area contributed by atoms with E-state index in [1.54, 1.807) is 14.2 Å². The van der Waals surface area contributed by atoms with Crippen LogP contribution < -0.4 is 14.8 Å². The van der Waals surface area contributed by atoms with Gasteiger partial charge >= 0.3 is 0 Å². The molecule has 0 aliphatic carbocycles. The standard InChI is InChI=1S/C41H51ClN2O3/c1-6-13-34(14-7-2)41(35-15-9-8-10-16-35,24-11-26-43-40(45)22-19-32-17-20-36(42)21-18-32)25-12-27-44-28-23-33-29-38(46-4)39(47-5)30-37(33)31(44)3/h6-10,13-18,20-21,29-31H,1,11-12,19,22-28H2,2-5H3,(H,43,45)/b14-7-,34-13+. The molecule has 2 unspecified atom stereocenters. The fourth-order valence-corrected chi connectivity index (χ4v) is 7.13. The third-order valence-corrected chi connectivity index (χ3v) is 9.79. The summed E-state index contributed by atoms with van der Waals surface area (Å²) in [6, 6.07) is 23.1. The topological polar surface area (TPSA) is 50.8 Å². The van der Waals surface area contributed by atoms with Gasteiger partial charge in [-0.2, -0.15) is 0 Å². The van der Waals surface area contributed by atoms with Crippen LogP contribution in [0.4, 0.5) is 0 Å². The number of amides is 1. The number of benzene rings is 3. The van der Waals surface area contributed by atoms with Crippen molar-refractivity contribution < 1.29 is 14.3 Å². The molecule has 47 heavy (non-hydrogen) atoms.